The van der Waals surface area contributed by atoms with Gasteiger partial charge in [0.2, 0.25) is 5.43 Å². The second kappa shape index (κ2) is 15.3. The molecule has 8 unspecified atom stereocenters. The Morgan fingerprint density at radius 2 is 1.75 bits per heavy atom. The van der Waals surface area contributed by atoms with E-state index >= 15 is 0 Å². The second-order valence-corrected chi connectivity index (χ2v) is 18.7. The van der Waals surface area contributed by atoms with Crippen molar-refractivity contribution in [2.24, 2.45) is 46.3 Å². The fourth-order valence-corrected chi connectivity index (χ4v) is 12.1. The van der Waals surface area contributed by atoms with Gasteiger partial charge in [-0.3, -0.25) is 4.79 Å². The Bertz CT molecular complexity index is 1990. The number of rotatable bonds is 10. The third kappa shape index (κ3) is 7.23. The lowest BCUT2D eigenvalue weighted by molar-refractivity contribution is -0.153. The summed E-state index contributed by atoms with van der Waals surface area (Å²) >= 11 is 0. The molecule has 1 aliphatic heterocycles. The zero-order chi connectivity index (χ0) is 38.5. The lowest BCUT2D eigenvalue weighted by Gasteiger charge is -2.58. The minimum atomic E-state index is -0.363. The average Bonchev–Trinajstić information content (AvgIpc) is 3.34. The van der Waals surface area contributed by atoms with Crippen LogP contribution in [0.3, 0.4) is 0 Å². The SMILES string of the molecule is Cc1oc2cc(OCC(=O)OC3CCC4(C)C(=CCC5C4CCC4(C)C(C(C)CCCC(C)C)CCC54)C3)ccc2c(=O)c1-c1ccc2c(c1)OCCCO2. The van der Waals surface area contributed by atoms with Gasteiger partial charge in [-0.2, -0.15) is 0 Å². The summed E-state index contributed by atoms with van der Waals surface area (Å²) in [5, 5.41) is 0.442. The van der Waals surface area contributed by atoms with Gasteiger partial charge in [-0.15, -0.1) is 0 Å². The van der Waals surface area contributed by atoms with Crippen LogP contribution >= 0.6 is 0 Å². The first kappa shape index (κ1) is 38.1. The molecule has 0 bridgehead atoms. The van der Waals surface area contributed by atoms with E-state index in [4.69, 9.17) is 23.4 Å². The molecule has 2 aromatic carbocycles. The molecule has 296 valence electrons. The molecule has 3 aromatic rings. The quantitative estimate of drug-likeness (QED) is 0.151. The average molecular weight is 751 g/mol. The number of allylic oxidation sites excluding steroid dienone is 1. The molecule has 0 N–H and O–H groups in total. The first-order valence-corrected chi connectivity index (χ1v) is 21.4. The molecular formula is C48H62O7. The number of benzene rings is 2. The van der Waals surface area contributed by atoms with Crippen molar-refractivity contribution in [2.75, 3.05) is 19.8 Å². The van der Waals surface area contributed by atoms with Crippen molar-refractivity contribution < 1.29 is 28.2 Å². The lowest BCUT2D eigenvalue weighted by Crippen LogP contribution is -2.51. The highest BCUT2D eigenvalue weighted by Gasteiger charge is 2.59. The van der Waals surface area contributed by atoms with Crippen molar-refractivity contribution in [3.05, 3.63) is 64.0 Å². The van der Waals surface area contributed by atoms with Gasteiger partial charge in [0.05, 0.1) is 24.2 Å². The fraction of sp³-hybridized carbons (Fsp3) is 0.625. The van der Waals surface area contributed by atoms with E-state index in [9.17, 15) is 9.59 Å². The van der Waals surface area contributed by atoms with Crippen LogP contribution in [0.25, 0.3) is 22.1 Å². The highest BCUT2D eigenvalue weighted by molar-refractivity contribution is 5.84. The van der Waals surface area contributed by atoms with Crippen LogP contribution in [0.5, 0.6) is 17.2 Å². The van der Waals surface area contributed by atoms with Crippen molar-refractivity contribution in [1.82, 2.24) is 0 Å². The second-order valence-electron chi connectivity index (χ2n) is 18.7. The van der Waals surface area contributed by atoms with Crippen LogP contribution in [0, 0.1) is 53.3 Å². The van der Waals surface area contributed by atoms with Crippen molar-refractivity contribution in [3.63, 3.8) is 0 Å². The number of hydrogen-bond acceptors (Lipinski definition) is 7. The van der Waals surface area contributed by atoms with E-state index in [-0.39, 0.29) is 29.5 Å². The largest absolute Gasteiger partial charge is 0.490 e. The normalized spacial score (nSPS) is 30.5. The molecule has 0 radical (unpaired) electrons. The summed E-state index contributed by atoms with van der Waals surface area (Å²) in [4.78, 5) is 26.8. The highest BCUT2D eigenvalue weighted by Crippen LogP contribution is 2.67. The van der Waals surface area contributed by atoms with Crippen molar-refractivity contribution in [2.45, 2.75) is 125 Å². The van der Waals surface area contributed by atoms with Gasteiger partial charge >= 0.3 is 5.97 Å². The number of ether oxygens (including phenoxy) is 4. The maximum atomic E-state index is 13.7. The van der Waals surface area contributed by atoms with E-state index < -0.39 is 0 Å². The number of carbonyl (C=O) groups excluding carboxylic acids is 1. The molecule has 4 aliphatic carbocycles. The molecule has 1 aromatic heterocycles. The topological polar surface area (TPSA) is 84.2 Å². The summed E-state index contributed by atoms with van der Waals surface area (Å²) in [6, 6.07) is 10.6. The monoisotopic (exact) mass is 750 g/mol. The smallest absolute Gasteiger partial charge is 0.344 e. The predicted octanol–water partition coefficient (Wildman–Crippen LogP) is 11.3. The van der Waals surface area contributed by atoms with E-state index in [0.717, 1.165) is 61.2 Å². The molecule has 8 rings (SSSR count). The summed E-state index contributed by atoms with van der Waals surface area (Å²) in [7, 11) is 0. The van der Waals surface area contributed by atoms with E-state index in [0.29, 0.717) is 63.7 Å². The summed E-state index contributed by atoms with van der Waals surface area (Å²) in [5.41, 5.74) is 3.69. The Morgan fingerprint density at radius 1 is 0.927 bits per heavy atom. The molecule has 0 saturated heterocycles. The van der Waals surface area contributed by atoms with Crippen molar-refractivity contribution >= 4 is 16.9 Å². The van der Waals surface area contributed by atoms with Gasteiger partial charge < -0.3 is 23.4 Å². The van der Waals surface area contributed by atoms with Crippen molar-refractivity contribution in [3.8, 4) is 28.4 Å². The van der Waals surface area contributed by atoms with Gasteiger partial charge in [0, 0.05) is 18.9 Å². The maximum Gasteiger partial charge on any atom is 0.344 e. The van der Waals surface area contributed by atoms with Crippen molar-refractivity contribution in [1.29, 1.82) is 0 Å². The molecule has 3 fully saturated rings. The Balaban J connectivity index is 0.878. The van der Waals surface area contributed by atoms with Crippen LogP contribution in [0.15, 0.2) is 57.3 Å². The molecule has 2 heterocycles. The van der Waals surface area contributed by atoms with E-state index in [1.165, 1.54) is 56.9 Å². The molecule has 0 amide bonds. The molecular weight excluding hydrogens is 689 g/mol. The number of aryl methyl sites for hydroxylation is 1. The molecule has 55 heavy (non-hydrogen) atoms. The van der Waals surface area contributed by atoms with Gasteiger partial charge in [-0.1, -0.05) is 71.6 Å². The Labute approximate surface area is 327 Å². The summed E-state index contributed by atoms with van der Waals surface area (Å²) in [6.07, 6.45) is 16.9. The van der Waals surface area contributed by atoms with Gasteiger partial charge in [-0.25, -0.2) is 4.79 Å². The van der Waals surface area contributed by atoms with E-state index in [1.807, 2.05) is 18.2 Å². The van der Waals surface area contributed by atoms with Crippen LogP contribution in [-0.4, -0.2) is 31.9 Å². The fourth-order valence-electron chi connectivity index (χ4n) is 12.1. The summed E-state index contributed by atoms with van der Waals surface area (Å²) < 4.78 is 29.7. The van der Waals surface area contributed by atoms with Gasteiger partial charge in [0.25, 0.3) is 0 Å². The van der Waals surface area contributed by atoms with Gasteiger partial charge in [0.1, 0.15) is 23.2 Å². The van der Waals surface area contributed by atoms with Crippen LogP contribution in [0.4, 0.5) is 0 Å². The Kier molecular flexibility index (Phi) is 10.6. The van der Waals surface area contributed by atoms with E-state index in [2.05, 4.69) is 40.7 Å². The molecule has 3 saturated carbocycles. The van der Waals surface area contributed by atoms with Gasteiger partial charge in [0.15, 0.2) is 18.1 Å². The first-order valence-electron chi connectivity index (χ1n) is 21.4. The maximum absolute atomic E-state index is 13.7. The summed E-state index contributed by atoms with van der Waals surface area (Å²) in [6.45, 7) is 15.2. The lowest BCUT2D eigenvalue weighted by atomic mass is 9.47. The Hall–Kier alpha value is -3.74. The predicted molar refractivity (Wildman–Crippen MR) is 217 cm³/mol. The number of carbonyl (C=O) groups is 1. The zero-order valence-corrected chi connectivity index (χ0v) is 34.0. The van der Waals surface area contributed by atoms with Crippen LogP contribution in [0.2, 0.25) is 0 Å². The first-order chi connectivity index (χ1) is 26.4. The minimum absolute atomic E-state index is 0.121. The molecule has 8 atom stereocenters. The number of esters is 1. The van der Waals surface area contributed by atoms with Gasteiger partial charge in [-0.05, 0) is 128 Å². The zero-order valence-electron chi connectivity index (χ0n) is 34.0. The Morgan fingerprint density at radius 3 is 2.56 bits per heavy atom. The van der Waals surface area contributed by atoms with Crippen LogP contribution in [0.1, 0.15) is 117 Å². The molecule has 7 nitrogen and oxygen atoms in total. The number of fused-ring (bicyclic) bond motifs is 7. The molecule has 0 spiro atoms. The standard InChI is InChI=1S/C48H62O7/c1-29(2)9-7-10-30(3)38-16-17-39-36-14-12-33-26-35(19-21-47(33,5)40(36)20-22-48(38,39)6)55-44(49)28-53-34-13-15-37-42(27-34)54-31(4)45(46(37)50)32-11-18-41-43(25-32)52-24-8-23-51-41/h11-13,15,18,25,27,29-30,35-36,38-40H,7-10,14,16-17,19-24,26,28H2,1-6H3. The third-order valence-corrected chi connectivity index (χ3v) is 15.0. The van der Waals surface area contributed by atoms with E-state index in [1.54, 1.807) is 25.1 Å². The summed E-state index contributed by atoms with van der Waals surface area (Å²) in [5.74, 6) is 6.75. The number of hydrogen-bond donors (Lipinski definition) is 0. The molecule has 5 aliphatic rings. The third-order valence-electron chi connectivity index (χ3n) is 15.0. The highest BCUT2D eigenvalue weighted by atomic mass is 16.6. The minimum Gasteiger partial charge on any atom is -0.490 e. The van der Waals surface area contributed by atoms with Crippen LogP contribution in [-0.2, 0) is 9.53 Å². The molecule has 7 heteroatoms. The van der Waals surface area contributed by atoms with Crippen LogP contribution < -0.4 is 19.6 Å².